The van der Waals surface area contributed by atoms with Crippen LogP contribution in [0.2, 0.25) is 5.02 Å². The number of amides is 1. The van der Waals surface area contributed by atoms with Gasteiger partial charge in [-0.1, -0.05) is 36.2 Å². The van der Waals surface area contributed by atoms with Gasteiger partial charge in [0.05, 0.1) is 15.6 Å². The van der Waals surface area contributed by atoms with Gasteiger partial charge in [0.25, 0.3) is 10.0 Å². The Morgan fingerprint density at radius 3 is 2.61 bits per heavy atom. The van der Waals surface area contributed by atoms with E-state index >= 15 is 0 Å². The zero-order chi connectivity index (χ0) is 19.7. The van der Waals surface area contributed by atoms with Crippen LogP contribution >= 0.6 is 11.6 Å². The topological polar surface area (TPSA) is 75.3 Å². The van der Waals surface area contributed by atoms with Crippen molar-refractivity contribution >= 4 is 38.9 Å². The second kappa shape index (κ2) is 7.76. The molecule has 1 amide bonds. The summed E-state index contributed by atoms with van der Waals surface area (Å²) in [5.74, 6) is 1.90. The van der Waals surface area contributed by atoms with Gasteiger partial charge < -0.3 is 5.32 Å². The fourth-order valence-corrected chi connectivity index (χ4v) is 5.93. The van der Waals surface area contributed by atoms with E-state index in [0.29, 0.717) is 34.7 Å². The molecule has 7 heteroatoms. The smallest absolute Gasteiger partial charge is 0.262 e. The number of carbonyl (C=O) groups excluding carboxylic acids is 1. The first-order chi connectivity index (χ1) is 13.4. The van der Waals surface area contributed by atoms with Gasteiger partial charge in [-0.15, -0.1) is 0 Å². The number of hydrogen-bond donors (Lipinski definition) is 2. The van der Waals surface area contributed by atoms with E-state index in [-0.39, 0.29) is 10.8 Å². The third-order valence-electron chi connectivity index (χ3n) is 5.88. The summed E-state index contributed by atoms with van der Waals surface area (Å²) in [5, 5.41) is 3.18. The molecule has 4 rings (SSSR count). The molecule has 0 heterocycles. The zero-order valence-corrected chi connectivity index (χ0v) is 17.0. The predicted molar refractivity (Wildman–Crippen MR) is 111 cm³/mol. The lowest BCUT2D eigenvalue weighted by molar-refractivity contribution is -0.117. The second-order valence-electron chi connectivity index (χ2n) is 7.80. The molecule has 2 N–H and O–H groups in total. The molecule has 2 aliphatic carbocycles. The quantitative estimate of drug-likeness (QED) is 0.700. The van der Waals surface area contributed by atoms with E-state index in [0.717, 1.165) is 12.3 Å². The molecule has 2 aromatic rings. The highest BCUT2D eigenvalue weighted by atomic mass is 35.5. The van der Waals surface area contributed by atoms with Crippen molar-refractivity contribution < 1.29 is 13.2 Å². The third-order valence-corrected chi connectivity index (χ3v) is 7.57. The number of carbonyl (C=O) groups is 1. The van der Waals surface area contributed by atoms with Gasteiger partial charge in [0.15, 0.2) is 0 Å². The molecule has 5 nitrogen and oxygen atoms in total. The lowest BCUT2D eigenvalue weighted by Gasteiger charge is -2.21. The van der Waals surface area contributed by atoms with Crippen molar-refractivity contribution in [2.24, 2.45) is 17.8 Å². The van der Waals surface area contributed by atoms with E-state index in [2.05, 4.69) is 10.0 Å². The van der Waals surface area contributed by atoms with E-state index in [1.807, 2.05) is 0 Å². The molecule has 0 spiro atoms. The number of fused-ring (bicyclic) bond motifs is 2. The summed E-state index contributed by atoms with van der Waals surface area (Å²) < 4.78 is 27.8. The molecule has 0 saturated heterocycles. The van der Waals surface area contributed by atoms with Gasteiger partial charge in [-0.25, -0.2) is 8.42 Å². The Bertz CT molecular complexity index is 993. The van der Waals surface area contributed by atoms with Crippen LogP contribution < -0.4 is 10.0 Å². The van der Waals surface area contributed by atoms with E-state index in [4.69, 9.17) is 11.6 Å². The van der Waals surface area contributed by atoms with Crippen molar-refractivity contribution in [2.45, 2.75) is 37.0 Å². The van der Waals surface area contributed by atoms with Gasteiger partial charge in [0, 0.05) is 12.1 Å². The molecular formula is C21H23ClN2O3S. The van der Waals surface area contributed by atoms with Crippen LogP contribution in [0.5, 0.6) is 0 Å². The summed E-state index contributed by atoms with van der Waals surface area (Å²) in [6, 6.07) is 12.9. The van der Waals surface area contributed by atoms with Crippen LogP contribution in [0.4, 0.5) is 11.4 Å². The summed E-state index contributed by atoms with van der Waals surface area (Å²) in [4.78, 5) is 12.5. The number of sulfonamides is 1. The minimum absolute atomic E-state index is 0.0499. The van der Waals surface area contributed by atoms with Crippen LogP contribution in [0.25, 0.3) is 0 Å². The highest BCUT2D eigenvalue weighted by Gasteiger charge is 2.40. The minimum Gasteiger partial charge on any atom is -0.326 e. The Morgan fingerprint density at radius 1 is 1.07 bits per heavy atom. The number of nitrogens with one attached hydrogen (secondary N) is 2. The Labute approximate surface area is 170 Å². The van der Waals surface area contributed by atoms with Crippen LogP contribution in [0, 0.1) is 17.8 Å². The number of para-hydroxylation sites is 1. The average molecular weight is 419 g/mol. The van der Waals surface area contributed by atoms with Gasteiger partial charge in [-0.05, 0) is 67.3 Å². The highest BCUT2D eigenvalue weighted by molar-refractivity contribution is 7.92. The Kier molecular flexibility index (Phi) is 5.34. The largest absolute Gasteiger partial charge is 0.326 e. The fourth-order valence-electron chi connectivity index (χ4n) is 4.57. The van der Waals surface area contributed by atoms with E-state index in [1.165, 1.54) is 31.4 Å². The monoisotopic (exact) mass is 418 g/mol. The number of hydrogen-bond acceptors (Lipinski definition) is 3. The summed E-state index contributed by atoms with van der Waals surface area (Å²) in [7, 11) is -3.81. The maximum atomic E-state index is 12.7. The molecular weight excluding hydrogens is 396 g/mol. The van der Waals surface area contributed by atoms with Crippen molar-refractivity contribution in [1.82, 2.24) is 0 Å². The van der Waals surface area contributed by atoms with Gasteiger partial charge in [-0.3, -0.25) is 9.52 Å². The molecule has 28 heavy (non-hydrogen) atoms. The second-order valence-corrected chi connectivity index (χ2v) is 9.89. The van der Waals surface area contributed by atoms with Gasteiger partial charge in [0.1, 0.15) is 0 Å². The van der Waals surface area contributed by atoms with Gasteiger partial charge >= 0.3 is 0 Å². The number of benzene rings is 2. The average Bonchev–Trinajstić information content (AvgIpc) is 3.27. The van der Waals surface area contributed by atoms with Crippen LogP contribution in [-0.2, 0) is 14.8 Å². The van der Waals surface area contributed by atoms with Crippen molar-refractivity contribution in [3.05, 3.63) is 53.6 Å². The molecule has 3 unspecified atom stereocenters. The maximum absolute atomic E-state index is 12.7. The van der Waals surface area contributed by atoms with E-state index in [9.17, 15) is 13.2 Å². The first-order valence-electron chi connectivity index (χ1n) is 9.58. The molecule has 0 radical (unpaired) electrons. The summed E-state index contributed by atoms with van der Waals surface area (Å²) in [6.45, 7) is 0. The summed E-state index contributed by atoms with van der Waals surface area (Å²) in [5.41, 5.74) is 0.796. The number of rotatable bonds is 6. The van der Waals surface area contributed by atoms with Crippen LogP contribution in [0.3, 0.4) is 0 Å². The Hall–Kier alpha value is -2.05. The lowest BCUT2D eigenvalue weighted by atomic mass is 9.86. The van der Waals surface area contributed by atoms with Crippen molar-refractivity contribution in [1.29, 1.82) is 0 Å². The highest BCUT2D eigenvalue weighted by Crippen LogP contribution is 2.49. The number of halogens is 1. The molecule has 2 saturated carbocycles. The fraction of sp³-hybridized carbons (Fsp3) is 0.381. The standard InChI is InChI=1S/C21H23ClN2O3S/c22-19-6-1-2-7-20(19)24-28(26,27)18-5-3-4-17(13-18)23-21(25)12-16-11-14-8-9-15(16)10-14/h1-7,13-16,24H,8-12H2,(H,23,25). The molecule has 2 fully saturated rings. The molecule has 2 aliphatic rings. The van der Waals surface area contributed by atoms with Crippen LogP contribution in [0.1, 0.15) is 32.1 Å². The maximum Gasteiger partial charge on any atom is 0.262 e. The first kappa shape index (κ1) is 19.3. The summed E-state index contributed by atoms with van der Waals surface area (Å²) >= 11 is 6.04. The zero-order valence-electron chi connectivity index (χ0n) is 15.4. The normalized spacial score (nSPS) is 23.5. The lowest BCUT2D eigenvalue weighted by Crippen LogP contribution is -2.20. The van der Waals surface area contributed by atoms with Crippen LogP contribution in [-0.4, -0.2) is 14.3 Å². The van der Waals surface area contributed by atoms with Crippen molar-refractivity contribution in [3.8, 4) is 0 Å². The number of anilines is 2. The van der Waals surface area contributed by atoms with Gasteiger partial charge in [0.2, 0.25) is 5.91 Å². The Balaban J connectivity index is 1.43. The molecule has 2 aromatic carbocycles. The summed E-state index contributed by atoms with van der Waals surface area (Å²) in [6.07, 6.45) is 5.47. The first-order valence-corrected chi connectivity index (χ1v) is 11.4. The van der Waals surface area contributed by atoms with Gasteiger partial charge in [-0.2, -0.15) is 0 Å². The molecule has 0 aromatic heterocycles. The molecule has 2 bridgehead atoms. The third kappa shape index (κ3) is 4.18. The van der Waals surface area contributed by atoms with E-state index < -0.39 is 10.0 Å². The predicted octanol–water partition coefficient (Wildman–Crippen LogP) is 4.91. The molecule has 0 aliphatic heterocycles. The molecule has 148 valence electrons. The van der Waals surface area contributed by atoms with Crippen LogP contribution in [0.15, 0.2) is 53.4 Å². The molecule has 3 atom stereocenters. The van der Waals surface area contributed by atoms with E-state index in [1.54, 1.807) is 36.4 Å². The van der Waals surface area contributed by atoms with Crippen molar-refractivity contribution in [2.75, 3.05) is 10.0 Å². The minimum atomic E-state index is -3.81. The Morgan fingerprint density at radius 2 is 1.89 bits per heavy atom. The SMILES string of the molecule is O=C(CC1CC2CCC1C2)Nc1cccc(S(=O)(=O)Nc2ccccc2Cl)c1. The van der Waals surface area contributed by atoms with Crippen molar-refractivity contribution in [3.63, 3.8) is 0 Å².